The molecule has 0 aliphatic carbocycles. The van der Waals surface area contributed by atoms with Gasteiger partial charge in [0, 0.05) is 26.1 Å². The fourth-order valence-electron chi connectivity index (χ4n) is 2.40. The first-order valence-electron chi connectivity index (χ1n) is 7.50. The minimum absolute atomic E-state index is 0.149. The molecular weight excluding hydrogens is 272 g/mol. The van der Waals surface area contributed by atoms with Gasteiger partial charge in [-0.25, -0.2) is 8.78 Å². The summed E-state index contributed by atoms with van der Waals surface area (Å²) in [5.74, 6) is -1.34. The first kappa shape index (κ1) is 17.8. The molecule has 0 radical (unpaired) electrons. The summed E-state index contributed by atoms with van der Waals surface area (Å²) in [4.78, 5) is 14.3. The third-order valence-electron chi connectivity index (χ3n) is 3.15. The zero-order chi connectivity index (χ0) is 16.0. The van der Waals surface area contributed by atoms with Crippen molar-refractivity contribution in [3.05, 3.63) is 35.4 Å². The van der Waals surface area contributed by atoms with Gasteiger partial charge in [0.2, 0.25) is 0 Å². The quantitative estimate of drug-likeness (QED) is 0.672. The third-order valence-corrected chi connectivity index (χ3v) is 3.15. The Morgan fingerprint density at radius 1 is 1.10 bits per heavy atom. The number of hydrogen-bond donors (Lipinski definition) is 0. The minimum atomic E-state index is -1.04. The molecule has 0 aliphatic rings. The van der Waals surface area contributed by atoms with Gasteiger partial charge in [-0.05, 0) is 24.0 Å². The Morgan fingerprint density at radius 3 is 2.19 bits per heavy atom. The summed E-state index contributed by atoms with van der Waals surface area (Å²) < 4.78 is 26.7. The molecule has 2 nitrogen and oxygen atoms in total. The number of ketones is 1. The van der Waals surface area contributed by atoms with Gasteiger partial charge in [-0.2, -0.15) is 0 Å². The van der Waals surface area contributed by atoms with Crippen LogP contribution in [0.25, 0.3) is 0 Å². The lowest BCUT2D eigenvalue weighted by molar-refractivity contribution is 0.0951. The number of hydrogen-bond acceptors (Lipinski definition) is 2. The summed E-state index contributed by atoms with van der Waals surface area (Å²) in [5, 5.41) is 0. The van der Waals surface area contributed by atoms with Crippen molar-refractivity contribution in [2.75, 3.05) is 19.6 Å². The molecule has 0 unspecified atom stereocenters. The summed E-state index contributed by atoms with van der Waals surface area (Å²) in [5.41, 5.74) is -0.149. The Kier molecular flexibility index (Phi) is 6.96. The van der Waals surface area contributed by atoms with Crippen LogP contribution in [0.15, 0.2) is 18.2 Å². The van der Waals surface area contributed by atoms with Crippen LogP contribution in [0.4, 0.5) is 8.78 Å². The molecule has 1 aromatic rings. The molecule has 4 heteroatoms. The van der Waals surface area contributed by atoms with E-state index in [0.717, 1.165) is 19.2 Å². The average molecular weight is 297 g/mol. The van der Waals surface area contributed by atoms with Crippen LogP contribution in [0.3, 0.4) is 0 Å². The van der Waals surface area contributed by atoms with Crippen LogP contribution in [0.2, 0.25) is 0 Å². The highest BCUT2D eigenvalue weighted by Gasteiger charge is 2.17. The standard InChI is InChI=1S/C17H25F2NO/c1-12(2)10-20(11-13(3)4)9-8-16(21)14-6-5-7-15(18)17(14)19/h5-7,12-13H,8-11H2,1-4H3. The van der Waals surface area contributed by atoms with E-state index >= 15 is 0 Å². The number of nitrogens with zero attached hydrogens (tertiary/aromatic N) is 1. The van der Waals surface area contributed by atoms with Gasteiger partial charge in [-0.3, -0.25) is 4.79 Å². The molecule has 0 spiro atoms. The van der Waals surface area contributed by atoms with Gasteiger partial charge in [0.1, 0.15) is 0 Å². The van der Waals surface area contributed by atoms with Gasteiger partial charge in [0.15, 0.2) is 17.4 Å². The van der Waals surface area contributed by atoms with E-state index in [4.69, 9.17) is 0 Å². The Hall–Kier alpha value is -1.29. The number of halogens is 2. The van der Waals surface area contributed by atoms with Crippen LogP contribution in [0, 0.1) is 23.5 Å². The Labute approximate surface area is 126 Å². The van der Waals surface area contributed by atoms with Crippen molar-refractivity contribution in [1.82, 2.24) is 4.90 Å². The predicted molar refractivity (Wildman–Crippen MR) is 81.4 cm³/mol. The second kappa shape index (κ2) is 8.23. The largest absolute Gasteiger partial charge is 0.302 e. The van der Waals surface area contributed by atoms with Gasteiger partial charge in [0.25, 0.3) is 0 Å². The molecule has 0 aromatic heterocycles. The number of rotatable bonds is 8. The summed E-state index contributed by atoms with van der Waals surface area (Å²) in [6, 6.07) is 3.73. The van der Waals surface area contributed by atoms with Crippen molar-refractivity contribution in [1.29, 1.82) is 0 Å². The number of carbonyl (C=O) groups is 1. The number of Topliss-reactive ketones (excluding diaryl/α,β-unsaturated/α-hetero) is 1. The maximum absolute atomic E-state index is 13.6. The second-order valence-corrected chi connectivity index (χ2v) is 6.32. The second-order valence-electron chi connectivity index (χ2n) is 6.32. The van der Waals surface area contributed by atoms with E-state index in [2.05, 4.69) is 32.6 Å². The van der Waals surface area contributed by atoms with Crippen LogP contribution in [0.1, 0.15) is 44.5 Å². The van der Waals surface area contributed by atoms with E-state index in [1.807, 2.05) is 0 Å². The zero-order valence-electron chi connectivity index (χ0n) is 13.3. The van der Waals surface area contributed by atoms with Crippen LogP contribution in [0.5, 0.6) is 0 Å². The molecule has 0 atom stereocenters. The number of carbonyl (C=O) groups excluding carboxylic acids is 1. The topological polar surface area (TPSA) is 20.3 Å². The summed E-state index contributed by atoms with van der Waals surface area (Å²) in [6.07, 6.45) is 0.208. The summed E-state index contributed by atoms with van der Waals surface area (Å²) >= 11 is 0. The lowest BCUT2D eigenvalue weighted by atomic mass is 10.1. The maximum atomic E-state index is 13.6. The molecule has 118 valence electrons. The normalized spacial score (nSPS) is 11.7. The predicted octanol–water partition coefficient (Wildman–Crippen LogP) is 4.15. The molecule has 0 saturated carbocycles. The first-order chi connectivity index (χ1) is 9.81. The van der Waals surface area contributed by atoms with Gasteiger partial charge >= 0.3 is 0 Å². The zero-order valence-corrected chi connectivity index (χ0v) is 13.3. The van der Waals surface area contributed by atoms with Crippen LogP contribution >= 0.6 is 0 Å². The lowest BCUT2D eigenvalue weighted by Crippen LogP contribution is -2.33. The first-order valence-corrected chi connectivity index (χ1v) is 7.50. The van der Waals surface area contributed by atoms with E-state index in [-0.39, 0.29) is 17.8 Å². The molecule has 0 fully saturated rings. The highest BCUT2D eigenvalue weighted by molar-refractivity contribution is 5.96. The summed E-state index contributed by atoms with van der Waals surface area (Å²) in [6.45, 7) is 10.9. The van der Waals surface area contributed by atoms with Gasteiger partial charge in [-0.15, -0.1) is 0 Å². The molecule has 0 aliphatic heterocycles. The van der Waals surface area contributed by atoms with Crippen LogP contribution in [-0.4, -0.2) is 30.3 Å². The highest BCUT2D eigenvalue weighted by atomic mass is 19.2. The van der Waals surface area contributed by atoms with Crippen molar-refractivity contribution < 1.29 is 13.6 Å². The monoisotopic (exact) mass is 297 g/mol. The SMILES string of the molecule is CC(C)CN(CCC(=O)c1cccc(F)c1F)CC(C)C. The van der Waals surface area contributed by atoms with E-state index in [1.54, 1.807) is 0 Å². The van der Waals surface area contributed by atoms with Crippen LogP contribution in [-0.2, 0) is 0 Å². The highest BCUT2D eigenvalue weighted by Crippen LogP contribution is 2.14. The smallest absolute Gasteiger partial charge is 0.169 e. The lowest BCUT2D eigenvalue weighted by Gasteiger charge is -2.25. The van der Waals surface area contributed by atoms with Crippen molar-refractivity contribution in [3.63, 3.8) is 0 Å². The Balaban J connectivity index is 2.66. The maximum Gasteiger partial charge on any atom is 0.169 e. The van der Waals surface area contributed by atoms with Crippen LogP contribution < -0.4 is 0 Å². The molecule has 0 N–H and O–H groups in total. The van der Waals surface area contributed by atoms with E-state index in [0.29, 0.717) is 18.4 Å². The molecular formula is C17H25F2NO. The van der Waals surface area contributed by atoms with E-state index < -0.39 is 11.6 Å². The molecule has 0 heterocycles. The van der Waals surface area contributed by atoms with Gasteiger partial charge < -0.3 is 4.90 Å². The molecule has 1 aromatic carbocycles. The fourth-order valence-corrected chi connectivity index (χ4v) is 2.40. The molecule has 1 rings (SSSR count). The van der Waals surface area contributed by atoms with Gasteiger partial charge in [-0.1, -0.05) is 33.8 Å². The molecule has 0 bridgehead atoms. The average Bonchev–Trinajstić information content (AvgIpc) is 2.37. The van der Waals surface area contributed by atoms with Crippen molar-refractivity contribution in [3.8, 4) is 0 Å². The number of benzene rings is 1. The molecule has 0 saturated heterocycles. The van der Waals surface area contributed by atoms with Gasteiger partial charge in [0.05, 0.1) is 5.56 Å². The summed E-state index contributed by atoms with van der Waals surface area (Å²) in [7, 11) is 0. The van der Waals surface area contributed by atoms with Crippen molar-refractivity contribution in [2.24, 2.45) is 11.8 Å². The Morgan fingerprint density at radius 2 is 1.67 bits per heavy atom. The third kappa shape index (κ3) is 5.92. The Bertz CT molecular complexity index is 462. The van der Waals surface area contributed by atoms with E-state index in [9.17, 15) is 13.6 Å². The van der Waals surface area contributed by atoms with E-state index in [1.165, 1.54) is 12.1 Å². The minimum Gasteiger partial charge on any atom is -0.302 e. The molecule has 0 amide bonds. The fraction of sp³-hybridized carbons (Fsp3) is 0.588. The van der Waals surface area contributed by atoms with Crippen molar-refractivity contribution >= 4 is 5.78 Å². The molecule has 21 heavy (non-hydrogen) atoms. The van der Waals surface area contributed by atoms with Crippen molar-refractivity contribution in [2.45, 2.75) is 34.1 Å².